The van der Waals surface area contributed by atoms with Crippen molar-refractivity contribution in [3.8, 4) is 0 Å². The summed E-state index contributed by atoms with van der Waals surface area (Å²) < 4.78 is 5.67. The Morgan fingerprint density at radius 3 is 2.39 bits per heavy atom. The van der Waals surface area contributed by atoms with Gasteiger partial charge in [0.25, 0.3) is 5.91 Å². The average Bonchev–Trinajstić information content (AvgIpc) is 2.94. The van der Waals surface area contributed by atoms with Gasteiger partial charge in [-0.15, -0.1) is 0 Å². The first kappa shape index (κ1) is 17.8. The third-order valence-corrected chi connectivity index (χ3v) is 4.07. The smallest absolute Gasteiger partial charge is 0.290 e. The Morgan fingerprint density at radius 1 is 1.22 bits per heavy atom. The van der Waals surface area contributed by atoms with Crippen LogP contribution in [0, 0.1) is 0 Å². The molecule has 0 aliphatic carbocycles. The minimum Gasteiger partial charge on any atom is -0.444 e. The molecule has 5 nitrogen and oxygen atoms in total. The largest absolute Gasteiger partial charge is 0.444 e. The van der Waals surface area contributed by atoms with Crippen LogP contribution < -0.4 is 5.32 Å². The van der Waals surface area contributed by atoms with E-state index in [1.54, 1.807) is 31.2 Å². The first-order chi connectivity index (χ1) is 10.9. The number of carbonyl (C=O) groups is 2. The number of rotatable bonds is 5. The summed E-state index contributed by atoms with van der Waals surface area (Å²) in [5.74, 6) is -0.623. The van der Waals surface area contributed by atoms with Crippen LogP contribution in [0.4, 0.5) is 5.69 Å². The van der Waals surface area contributed by atoms with E-state index in [0.717, 1.165) is 0 Å². The number of amides is 2. The van der Waals surface area contributed by atoms with Gasteiger partial charge in [0.2, 0.25) is 5.91 Å². The molecule has 23 heavy (non-hydrogen) atoms. The predicted octanol–water partition coefficient (Wildman–Crippen LogP) is 4.45. The molecule has 8 heteroatoms. The van der Waals surface area contributed by atoms with E-state index in [1.165, 1.54) is 11.0 Å². The highest BCUT2D eigenvalue weighted by Crippen LogP contribution is 2.29. The first-order valence-electron chi connectivity index (χ1n) is 6.70. The Morgan fingerprint density at radius 2 is 1.87 bits per heavy atom. The van der Waals surface area contributed by atoms with Gasteiger partial charge >= 0.3 is 0 Å². The number of nitrogens with zero attached hydrogens (tertiary/aromatic N) is 1. The topological polar surface area (TPSA) is 62.6 Å². The lowest BCUT2D eigenvalue weighted by Crippen LogP contribution is -2.37. The van der Waals surface area contributed by atoms with Crippen LogP contribution in [0.3, 0.4) is 0 Å². The number of nitrogens with one attached hydrogen (secondary N) is 1. The fourth-order valence-corrected chi connectivity index (χ4v) is 2.68. The standard InChI is InChI=1S/C15H13BrCl2N2O3/c1-2-20(15(22)11-6-7-12(16)23-11)8-13(21)19-14-9(17)4-3-5-10(14)18/h3-7H,2,8H2,1H3,(H,19,21). The van der Waals surface area contributed by atoms with Crippen LogP contribution in [0.2, 0.25) is 10.0 Å². The van der Waals surface area contributed by atoms with Crippen LogP contribution in [0.15, 0.2) is 39.4 Å². The summed E-state index contributed by atoms with van der Waals surface area (Å²) in [5, 5.41) is 3.28. The molecule has 1 heterocycles. The second-order valence-corrected chi connectivity index (χ2v) is 6.16. The van der Waals surface area contributed by atoms with Crippen molar-refractivity contribution in [3.05, 3.63) is 50.8 Å². The number of halogens is 3. The SMILES string of the molecule is CCN(CC(=O)Nc1c(Cl)cccc1Cl)C(=O)c1ccc(Br)o1. The van der Waals surface area contributed by atoms with E-state index in [1.807, 2.05) is 0 Å². The molecule has 0 spiro atoms. The van der Waals surface area contributed by atoms with Gasteiger partial charge in [-0.05, 0) is 47.1 Å². The van der Waals surface area contributed by atoms with E-state index in [4.69, 9.17) is 27.6 Å². The van der Waals surface area contributed by atoms with E-state index in [0.29, 0.717) is 26.9 Å². The number of anilines is 1. The Balaban J connectivity index is 2.07. The zero-order chi connectivity index (χ0) is 17.0. The van der Waals surface area contributed by atoms with Crippen molar-refractivity contribution in [2.45, 2.75) is 6.92 Å². The minimum atomic E-state index is -0.402. The lowest BCUT2D eigenvalue weighted by molar-refractivity contribution is -0.116. The fourth-order valence-electron chi connectivity index (χ4n) is 1.88. The Kier molecular flexibility index (Phi) is 6.10. The molecule has 0 atom stereocenters. The normalized spacial score (nSPS) is 10.4. The van der Waals surface area contributed by atoms with Crippen molar-refractivity contribution in [3.63, 3.8) is 0 Å². The van der Waals surface area contributed by atoms with Gasteiger partial charge in [0.1, 0.15) is 6.54 Å². The number of para-hydroxylation sites is 1. The number of furan rings is 1. The van der Waals surface area contributed by atoms with Crippen LogP contribution in [0.25, 0.3) is 0 Å². The first-order valence-corrected chi connectivity index (χ1v) is 8.25. The van der Waals surface area contributed by atoms with Gasteiger partial charge in [0, 0.05) is 6.54 Å². The Hall–Kier alpha value is -1.50. The van der Waals surface area contributed by atoms with E-state index >= 15 is 0 Å². The maximum Gasteiger partial charge on any atom is 0.290 e. The van der Waals surface area contributed by atoms with Crippen molar-refractivity contribution in [1.82, 2.24) is 4.90 Å². The molecule has 0 fully saturated rings. The van der Waals surface area contributed by atoms with E-state index in [2.05, 4.69) is 21.2 Å². The number of hydrogen-bond donors (Lipinski definition) is 1. The molecule has 0 saturated heterocycles. The average molecular weight is 420 g/mol. The molecular formula is C15H13BrCl2N2O3. The monoisotopic (exact) mass is 418 g/mol. The second kappa shape index (κ2) is 7.86. The number of hydrogen-bond acceptors (Lipinski definition) is 3. The number of likely N-dealkylation sites (N-methyl/N-ethyl adjacent to an activating group) is 1. The number of benzene rings is 1. The van der Waals surface area contributed by atoms with Crippen molar-refractivity contribution in [2.24, 2.45) is 0 Å². The molecule has 1 aromatic carbocycles. The highest BCUT2D eigenvalue weighted by atomic mass is 79.9. The van der Waals surface area contributed by atoms with Crippen molar-refractivity contribution in [1.29, 1.82) is 0 Å². The Labute approximate surface area is 151 Å². The summed E-state index contributed by atoms with van der Waals surface area (Å²) in [7, 11) is 0. The van der Waals surface area contributed by atoms with Gasteiger partial charge in [0.15, 0.2) is 10.4 Å². The zero-order valence-electron chi connectivity index (χ0n) is 12.1. The fraction of sp³-hybridized carbons (Fsp3) is 0.200. The molecular weight excluding hydrogens is 407 g/mol. The molecule has 0 aliphatic rings. The lowest BCUT2D eigenvalue weighted by atomic mass is 10.3. The number of carbonyl (C=O) groups excluding carboxylic acids is 2. The van der Waals surface area contributed by atoms with Crippen LogP contribution in [-0.4, -0.2) is 29.8 Å². The molecule has 0 radical (unpaired) electrons. The summed E-state index contributed by atoms with van der Waals surface area (Å²) in [4.78, 5) is 25.8. The van der Waals surface area contributed by atoms with Crippen molar-refractivity contribution in [2.75, 3.05) is 18.4 Å². The predicted molar refractivity (Wildman–Crippen MR) is 93.1 cm³/mol. The highest BCUT2D eigenvalue weighted by molar-refractivity contribution is 9.10. The van der Waals surface area contributed by atoms with Crippen LogP contribution in [0.1, 0.15) is 17.5 Å². The minimum absolute atomic E-state index is 0.144. The second-order valence-electron chi connectivity index (χ2n) is 4.57. The summed E-state index contributed by atoms with van der Waals surface area (Å²) >= 11 is 15.1. The maximum atomic E-state index is 12.3. The molecule has 1 aromatic heterocycles. The van der Waals surface area contributed by atoms with Gasteiger partial charge in [-0.2, -0.15) is 0 Å². The molecule has 2 rings (SSSR count). The van der Waals surface area contributed by atoms with E-state index in [-0.39, 0.29) is 18.2 Å². The molecule has 122 valence electrons. The quantitative estimate of drug-likeness (QED) is 0.778. The van der Waals surface area contributed by atoms with E-state index in [9.17, 15) is 9.59 Å². The molecule has 1 N–H and O–H groups in total. The van der Waals surface area contributed by atoms with Crippen LogP contribution in [-0.2, 0) is 4.79 Å². The van der Waals surface area contributed by atoms with Crippen molar-refractivity contribution < 1.29 is 14.0 Å². The third kappa shape index (κ3) is 4.50. The molecule has 2 amide bonds. The van der Waals surface area contributed by atoms with Gasteiger partial charge < -0.3 is 14.6 Å². The third-order valence-electron chi connectivity index (χ3n) is 3.01. The summed E-state index contributed by atoms with van der Waals surface area (Å²) in [6.07, 6.45) is 0. The molecule has 2 aromatic rings. The molecule has 0 unspecified atom stereocenters. The molecule has 0 aliphatic heterocycles. The molecule has 0 saturated carbocycles. The van der Waals surface area contributed by atoms with E-state index < -0.39 is 5.91 Å². The summed E-state index contributed by atoms with van der Waals surface area (Å²) in [6.45, 7) is 1.97. The summed E-state index contributed by atoms with van der Waals surface area (Å²) in [5.41, 5.74) is 0.324. The van der Waals surface area contributed by atoms with Crippen LogP contribution >= 0.6 is 39.1 Å². The van der Waals surface area contributed by atoms with Gasteiger partial charge in [0.05, 0.1) is 15.7 Å². The Bertz CT molecular complexity index is 713. The summed E-state index contributed by atoms with van der Waals surface area (Å²) in [6, 6.07) is 8.07. The molecule has 0 bridgehead atoms. The van der Waals surface area contributed by atoms with Gasteiger partial charge in [-0.25, -0.2) is 0 Å². The zero-order valence-corrected chi connectivity index (χ0v) is 15.2. The van der Waals surface area contributed by atoms with Crippen molar-refractivity contribution >= 4 is 56.6 Å². The highest BCUT2D eigenvalue weighted by Gasteiger charge is 2.21. The lowest BCUT2D eigenvalue weighted by Gasteiger charge is -2.19. The maximum absolute atomic E-state index is 12.3. The van der Waals surface area contributed by atoms with Gasteiger partial charge in [-0.1, -0.05) is 29.3 Å². The van der Waals surface area contributed by atoms with Gasteiger partial charge in [-0.3, -0.25) is 9.59 Å². The van der Waals surface area contributed by atoms with Crippen LogP contribution in [0.5, 0.6) is 0 Å².